The summed E-state index contributed by atoms with van der Waals surface area (Å²) in [5, 5.41) is -2.47. The van der Waals surface area contributed by atoms with Crippen LogP contribution < -0.4 is 0 Å². The number of β-lactam (4-membered cyclic amide) rings is 1. The van der Waals surface area contributed by atoms with E-state index in [1.165, 1.54) is 6.92 Å². The topological polar surface area (TPSA) is 97.8 Å². The number of sulfone groups is 1. The molecule has 7 nitrogen and oxygen atoms in total. The number of hydrogen-bond acceptors (Lipinski definition) is 6. The molecule has 0 radical (unpaired) electrons. The number of esters is 1. The Morgan fingerprint density at radius 1 is 1.27 bits per heavy atom. The summed E-state index contributed by atoms with van der Waals surface area (Å²) in [6, 6.07) is 8.86. The summed E-state index contributed by atoms with van der Waals surface area (Å²) in [7, 11) is -3.77. The van der Waals surface area contributed by atoms with Crippen LogP contribution in [0.15, 0.2) is 41.6 Å². The number of alkyl halides is 1. The molecule has 1 aromatic carbocycles. The number of nitrogens with zero attached hydrogens (tertiary/aromatic N) is 1. The Bertz CT molecular complexity index is 908. The molecular weight excluding hydrogens is 382 g/mol. The van der Waals surface area contributed by atoms with Gasteiger partial charge in [0.2, 0.25) is 5.91 Å². The number of ether oxygens (including phenoxy) is 1. The van der Waals surface area contributed by atoms with Crippen LogP contribution in [0.4, 0.5) is 0 Å². The van der Waals surface area contributed by atoms with Crippen LogP contribution in [0.5, 0.6) is 0 Å². The molecule has 0 aromatic heterocycles. The van der Waals surface area contributed by atoms with Gasteiger partial charge >= 0.3 is 5.97 Å². The van der Waals surface area contributed by atoms with E-state index in [9.17, 15) is 22.8 Å². The number of carbonyl (C=O) groups excluding carboxylic acids is 3. The lowest BCUT2D eigenvalue weighted by atomic mass is 10.00. The summed E-state index contributed by atoms with van der Waals surface area (Å²) in [6.45, 7) is 0.809. The van der Waals surface area contributed by atoms with E-state index in [0.717, 1.165) is 10.5 Å². The first-order valence-electron chi connectivity index (χ1n) is 7.83. The Morgan fingerprint density at radius 2 is 1.92 bits per heavy atom. The molecule has 138 valence electrons. The van der Waals surface area contributed by atoms with Gasteiger partial charge < -0.3 is 4.74 Å². The Hall–Kier alpha value is -2.19. The van der Waals surface area contributed by atoms with Crippen LogP contribution in [0.25, 0.3) is 0 Å². The van der Waals surface area contributed by atoms with Crippen LogP contribution in [0, 0.1) is 0 Å². The van der Waals surface area contributed by atoms with E-state index in [0.29, 0.717) is 0 Å². The molecular formula is C17H16ClNO6S. The molecule has 0 aliphatic carbocycles. The highest BCUT2D eigenvalue weighted by Crippen LogP contribution is 2.39. The van der Waals surface area contributed by atoms with Gasteiger partial charge in [-0.05, 0) is 5.56 Å². The van der Waals surface area contributed by atoms with Crippen molar-refractivity contribution in [2.75, 3.05) is 12.4 Å². The fourth-order valence-corrected chi connectivity index (χ4v) is 5.65. The number of hydrogen-bond donors (Lipinski definition) is 0. The van der Waals surface area contributed by atoms with Crippen LogP contribution in [0.1, 0.15) is 12.5 Å². The van der Waals surface area contributed by atoms with Crippen molar-refractivity contribution in [1.82, 2.24) is 4.90 Å². The third-order valence-corrected chi connectivity index (χ3v) is 6.76. The molecule has 1 fully saturated rings. The minimum Gasteiger partial charge on any atom is -0.461 e. The van der Waals surface area contributed by atoms with Gasteiger partial charge in [-0.15, -0.1) is 11.6 Å². The average molecular weight is 398 g/mol. The summed E-state index contributed by atoms with van der Waals surface area (Å²) in [5.41, 5.74) is 0.781. The molecule has 1 aromatic rings. The van der Waals surface area contributed by atoms with Crippen LogP contribution in [-0.2, 0) is 35.4 Å². The monoisotopic (exact) mass is 397 g/mol. The highest BCUT2D eigenvalue weighted by atomic mass is 35.5. The zero-order valence-corrected chi connectivity index (χ0v) is 15.4. The van der Waals surface area contributed by atoms with E-state index in [1.807, 2.05) is 0 Å². The maximum absolute atomic E-state index is 12.8. The Morgan fingerprint density at radius 3 is 2.54 bits per heavy atom. The predicted octanol–water partition coefficient (Wildman–Crippen LogP) is 0.819. The third kappa shape index (κ3) is 3.26. The Balaban J connectivity index is 2.00. The van der Waals surface area contributed by atoms with Crippen LogP contribution in [0.3, 0.4) is 0 Å². The van der Waals surface area contributed by atoms with Gasteiger partial charge in [0.25, 0.3) is 0 Å². The number of halogens is 1. The fourth-order valence-electron chi connectivity index (χ4n) is 3.07. The number of benzene rings is 1. The van der Waals surface area contributed by atoms with Gasteiger partial charge in [0, 0.05) is 18.9 Å². The highest BCUT2D eigenvalue weighted by molar-refractivity contribution is 7.92. The van der Waals surface area contributed by atoms with Gasteiger partial charge in [-0.25, -0.2) is 8.42 Å². The van der Waals surface area contributed by atoms with Crippen LogP contribution in [0.2, 0.25) is 0 Å². The van der Waals surface area contributed by atoms with Crippen molar-refractivity contribution in [1.29, 1.82) is 0 Å². The first kappa shape index (κ1) is 18.6. The highest BCUT2D eigenvalue weighted by Gasteiger charge is 2.59. The van der Waals surface area contributed by atoms with Gasteiger partial charge in [0.15, 0.2) is 21.0 Å². The van der Waals surface area contributed by atoms with E-state index < -0.39 is 44.0 Å². The molecule has 26 heavy (non-hydrogen) atoms. The van der Waals surface area contributed by atoms with Crippen molar-refractivity contribution < 1.29 is 27.5 Å². The maximum Gasteiger partial charge on any atom is 0.302 e. The van der Waals surface area contributed by atoms with Gasteiger partial charge in [0.05, 0.1) is 11.4 Å². The minimum absolute atomic E-state index is 0.0107. The molecule has 2 aliphatic heterocycles. The largest absolute Gasteiger partial charge is 0.461 e. The molecule has 0 spiro atoms. The molecule has 9 heteroatoms. The first-order valence-corrected chi connectivity index (χ1v) is 9.99. The molecule has 0 saturated carbocycles. The van der Waals surface area contributed by atoms with E-state index >= 15 is 0 Å². The predicted molar refractivity (Wildman–Crippen MR) is 92.9 cm³/mol. The number of carbonyl (C=O) groups is 3. The number of amides is 1. The summed E-state index contributed by atoms with van der Waals surface area (Å²) in [6.07, 6.45) is -0.0107. The molecule has 0 N–H and O–H groups in total. The fraction of sp³-hybridized carbons (Fsp3) is 0.353. The molecule has 1 amide bonds. The first-order chi connectivity index (χ1) is 12.2. The van der Waals surface area contributed by atoms with Crippen LogP contribution in [-0.4, -0.2) is 54.1 Å². The average Bonchev–Trinajstić information content (AvgIpc) is 2.58. The second kappa shape index (κ2) is 6.85. The Labute approximate surface area is 155 Å². The molecule has 1 saturated heterocycles. The summed E-state index contributed by atoms with van der Waals surface area (Å²) in [4.78, 5) is 37.1. The van der Waals surface area contributed by atoms with Crippen molar-refractivity contribution in [3.05, 3.63) is 47.2 Å². The van der Waals surface area contributed by atoms with Gasteiger partial charge in [-0.2, -0.15) is 0 Å². The lowest BCUT2D eigenvalue weighted by Crippen LogP contribution is -2.68. The van der Waals surface area contributed by atoms with Crippen LogP contribution >= 0.6 is 11.6 Å². The lowest BCUT2D eigenvalue weighted by Gasteiger charge is -2.47. The molecule has 2 atom stereocenters. The zero-order chi connectivity index (χ0) is 19.1. The van der Waals surface area contributed by atoms with Crippen molar-refractivity contribution in [3.63, 3.8) is 0 Å². The van der Waals surface area contributed by atoms with Gasteiger partial charge in [-0.3, -0.25) is 19.3 Å². The normalized spacial score (nSPS) is 23.9. The second-order valence-corrected chi connectivity index (χ2v) is 8.69. The van der Waals surface area contributed by atoms with E-state index in [2.05, 4.69) is 0 Å². The van der Waals surface area contributed by atoms with Crippen molar-refractivity contribution >= 4 is 39.1 Å². The summed E-state index contributed by atoms with van der Waals surface area (Å²) < 4.78 is 29.7. The summed E-state index contributed by atoms with van der Waals surface area (Å²) in [5.74, 6) is -2.16. The third-order valence-electron chi connectivity index (χ3n) is 4.22. The molecule has 2 aliphatic rings. The quantitative estimate of drug-likeness (QED) is 0.414. The van der Waals surface area contributed by atoms with Gasteiger partial charge in [0.1, 0.15) is 12.0 Å². The number of rotatable bonds is 5. The summed E-state index contributed by atoms with van der Waals surface area (Å²) >= 11 is 5.87. The van der Waals surface area contributed by atoms with E-state index in [4.69, 9.17) is 16.3 Å². The van der Waals surface area contributed by atoms with E-state index in [-0.39, 0.29) is 24.3 Å². The minimum atomic E-state index is -3.77. The zero-order valence-electron chi connectivity index (χ0n) is 13.8. The smallest absolute Gasteiger partial charge is 0.302 e. The molecule has 0 unspecified atom stereocenters. The number of Topliss-reactive ketones (excluding diaryl/α,β-unsaturated/α-hetero) is 1. The molecule has 0 bridgehead atoms. The van der Waals surface area contributed by atoms with Crippen molar-refractivity contribution in [3.8, 4) is 0 Å². The van der Waals surface area contributed by atoms with Crippen molar-refractivity contribution in [2.45, 2.75) is 24.1 Å². The van der Waals surface area contributed by atoms with E-state index in [1.54, 1.807) is 30.3 Å². The maximum atomic E-state index is 12.8. The molecule has 2 heterocycles. The van der Waals surface area contributed by atoms with Gasteiger partial charge in [-0.1, -0.05) is 30.3 Å². The SMILES string of the molecule is CC(=O)OCC1=C(C(=O)Cc2ccccc2)N2C(=O)[C@H](Cl)[C@@H]2S(=O)(=O)C1. The number of allylic oxidation sites excluding steroid dienone is 1. The Kier molecular flexibility index (Phi) is 4.90. The lowest BCUT2D eigenvalue weighted by molar-refractivity contribution is -0.141. The number of ketones is 1. The molecule has 3 rings (SSSR count). The number of fused-ring (bicyclic) bond motifs is 1. The second-order valence-electron chi connectivity index (χ2n) is 6.13. The van der Waals surface area contributed by atoms with Crippen molar-refractivity contribution in [2.24, 2.45) is 0 Å². The standard InChI is InChI=1S/C17H16ClNO6S/c1-10(20)25-8-12-9-26(23,24)17-14(18)16(22)19(17)15(12)13(21)7-11-5-3-2-4-6-11/h2-6,14,17H,7-9H2,1H3/t14-,17-/m0/s1.